The van der Waals surface area contributed by atoms with E-state index in [1.807, 2.05) is 6.07 Å². The smallest absolute Gasteiger partial charge is 0.246 e. The molecule has 2 aliphatic carbocycles. The molecule has 2 fully saturated rings. The van der Waals surface area contributed by atoms with E-state index >= 15 is 0 Å². The third-order valence-corrected chi connectivity index (χ3v) is 9.25. The molecule has 2 bridgehead atoms. The topological polar surface area (TPSA) is 146 Å². The Hall–Kier alpha value is -2.40. The maximum Gasteiger partial charge on any atom is 0.246 e. The van der Waals surface area contributed by atoms with Crippen molar-refractivity contribution in [3.63, 3.8) is 0 Å². The largest absolute Gasteiger partial charge is 0.504 e. The summed E-state index contributed by atoms with van der Waals surface area (Å²) in [4.78, 5) is 27.1. The van der Waals surface area contributed by atoms with Crippen LogP contribution in [0.4, 0.5) is 0 Å². The second-order valence-corrected chi connectivity index (χ2v) is 11.4. The molecule has 0 unspecified atom stereocenters. The van der Waals surface area contributed by atoms with Crippen LogP contribution in [-0.4, -0.2) is 90.6 Å². The number of hydrogen-bond donors (Lipinski definition) is 5. The average Bonchev–Trinajstić information content (AvgIpc) is 3.25. The van der Waals surface area contributed by atoms with E-state index in [4.69, 9.17) is 15.2 Å². The Labute approximate surface area is 224 Å². The quantitative estimate of drug-likeness (QED) is 0.248. The van der Waals surface area contributed by atoms with Crippen molar-refractivity contribution in [2.24, 2.45) is 5.73 Å². The molecule has 10 nitrogen and oxygen atoms in total. The van der Waals surface area contributed by atoms with Gasteiger partial charge in [-0.05, 0) is 70.3 Å². The van der Waals surface area contributed by atoms with Crippen molar-refractivity contribution in [1.82, 2.24) is 15.5 Å². The lowest BCUT2D eigenvalue weighted by atomic mass is 9.48. The zero-order valence-electron chi connectivity index (χ0n) is 22.3. The van der Waals surface area contributed by atoms with E-state index in [1.54, 1.807) is 6.07 Å². The fourth-order valence-corrected chi connectivity index (χ4v) is 7.46. The van der Waals surface area contributed by atoms with Gasteiger partial charge in [-0.2, -0.15) is 0 Å². The van der Waals surface area contributed by atoms with E-state index in [0.717, 1.165) is 56.3 Å². The summed E-state index contributed by atoms with van der Waals surface area (Å²) in [5.41, 5.74) is 5.81. The van der Waals surface area contributed by atoms with Crippen molar-refractivity contribution in [3.8, 4) is 11.5 Å². The van der Waals surface area contributed by atoms with Crippen molar-refractivity contribution < 1.29 is 29.3 Å². The van der Waals surface area contributed by atoms with E-state index in [1.165, 1.54) is 0 Å². The van der Waals surface area contributed by atoms with Crippen molar-refractivity contribution in [1.29, 1.82) is 0 Å². The molecule has 10 heteroatoms. The van der Waals surface area contributed by atoms with Gasteiger partial charge in [-0.3, -0.25) is 9.59 Å². The molecule has 6 N–H and O–H groups in total. The van der Waals surface area contributed by atoms with Crippen molar-refractivity contribution in [2.45, 2.75) is 87.0 Å². The first-order chi connectivity index (χ1) is 18.3. The third-order valence-electron chi connectivity index (χ3n) is 9.25. The number of nitrogens with two attached hydrogens (primary N) is 1. The van der Waals surface area contributed by atoms with E-state index in [2.05, 4.69) is 22.6 Å². The van der Waals surface area contributed by atoms with Gasteiger partial charge in [0, 0.05) is 18.2 Å². The Balaban J connectivity index is 1.17. The van der Waals surface area contributed by atoms with Crippen LogP contribution in [0.15, 0.2) is 12.1 Å². The summed E-state index contributed by atoms with van der Waals surface area (Å²) in [7, 11) is 2.05. The standard InChI is InChI=1S/C28H42N4O6/c1-32-14-11-27-24-18-7-8-20(33)25(24)38-26(27)19(9-10-28(27,36)21(32)15-18)31-23(35)17-37-16-22(34)30-13-6-4-2-3-5-12-29/h7-8,19,21,26,33,36H,2-6,9-17,29H2,1H3,(H,30,34)(H,31,35)/t19-,21+,26-,27-,28+/m0/s1. The number of carbonyl (C=O) groups excluding carboxylic acids is 2. The number of nitrogens with zero attached hydrogens (tertiary/aromatic N) is 1. The highest BCUT2D eigenvalue weighted by Crippen LogP contribution is 2.65. The molecule has 4 aliphatic rings. The van der Waals surface area contributed by atoms with Gasteiger partial charge in [0.15, 0.2) is 11.5 Å². The Kier molecular flexibility index (Phi) is 7.86. The summed E-state index contributed by atoms with van der Waals surface area (Å²) < 4.78 is 11.8. The molecular weight excluding hydrogens is 488 g/mol. The Bertz CT molecular complexity index is 1050. The zero-order valence-corrected chi connectivity index (χ0v) is 22.3. The Morgan fingerprint density at radius 3 is 2.74 bits per heavy atom. The highest BCUT2D eigenvalue weighted by molar-refractivity contribution is 5.80. The summed E-state index contributed by atoms with van der Waals surface area (Å²) in [6.07, 6.45) is 7.18. The maximum absolute atomic E-state index is 12.8. The van der Waals surface area contributed by atoms with Gasteiger partial charge in [0.25, 0.3) is 0 Å². The highest BCUT2D eigenvalue weighted by Gasteiger charge is 2.72. The Morgan fingerprint density at radius 2 is 1.92 bits per heavy atom. The van der Waals surface area contributed by atoms with Gasteiger partial charge < -0.3 is 41.0 Å². The van der Waals surface area contributed by atoms with Crippen molar-refractivity contribution in [3.05, 3.63) is 23.3 Å². The van der Waals surface area contributed by atoms with Crippen LogP contribution >= 0.6 is 0 Å². The molecule has 2 aliphatic heterocycles. The second-order valence-electron chi connectivity index (χ2n) is 11.4. The van der Waals surface area contributed by atoms with Crippen LogP contribution in [0.1, 0.15) is 62.5 Å². The third kappa shape index (κ3) is 4.55. The molecule has 1 saturated heterocycles. The predicted molar refractivity (Wildman–Crippen MR) is 141 cm³/mol. The minimum atomic E-state index is -1.00. The summed E-state index contributed by atoms with van der Waals surface area (Å²) in [6.45, 7) is 1.70. The first-order valence-electron chi connectivity index (χ1n) is 14.1. The van der Waals surface area contributed by atoms with Gasteiger partial charge in [-0.1, -0.05) is 25.3 Å². The summed E-state index contributed by atoms with van der Waals surface area (Å²) >= 11 is 0. The minimum absolute atomic E-state index is 0.0465. The molecule has 38 heavy (non-hydrogen) atoms. The van der Waals surface area contributed by atoms with Crippen LogP contribution in [0, 0.1) is 0 Å². The normalized spacial score (nSPS) is 30.9. The van der Waals surface area contributed by atoms with E-state index in [0.29, 0.717) is 38.0 Å². The number of aliphatic hydroxyl groups is 1. The summed E-state index contributed by atoms with van der Waals surface area (Å²) in [5.74, 6) is -0.0445. The minimum Gasteiger partial charge on any atom is -0.504 e. The molecular formula is C28H42N4O6. The lowest BCUT2D eigenvalue weighted by Gasteiger charge is -2.63. The lowest BCUT2D eigenvalue weighted by Crippen LogP contribution is -2.77. The van der Waals surface area contributed by atoms with Crippen LogP contribution in [0.25, 0.3) is 0 Å². The number of hydrogen-bond acceptors (Lipinski definition) is 8. The zero-order chi connectivity index (χ0) is 26.9. The van der Waals surface area contributed by atoms with Crippen LogP contribution in [-0.2, 0) is 26.2 Å². The van der Waals surface area contributed by atoms with E-state index in [-0.39, 0.29) is 42.9 Å². The molecule has 1 saturated carbocycles. The van der Waals surface area contributed by atoms with Gasteiger partial charge in [0.2, 0.25) is 11.8 Å². The van der Waals surface area contributed by atoms with Crippen LogP contribution in [0.5, 0.6) is 11.5 Å². The molecule has 0 aromatic heterocycles. The monoisotopic (exact) mass is 530 g/mol. The van der Waals surface area contributed by atoms with Gasteiger partial charge >= 0.3 is 0 Å². The number of benzene rings is 1. The molecule has 0 radical (unpaired) electrons. The first kappa shape index (κ1) is 27.2. The average molecular weight is 531 g/mol. The molecule has 5 rings (SSSR count). The SMILES string of the molecule is CN1CC[C@]23c4c5ccc(O)c4O[C@H]2[C@@H](NC(=O)COCC(=O)NCCCCCCCN)CC[C@@]3(O)[C@H]1C5. The van der Waals surface area contributed by atoms with Crippen LogP contribution in [0.3, 0.4) is 0 Å². The number of piperidine rings is 1. The van der Waals surface area contributed by atoms with E-state index in [9.17, 15) is 19.8 Å². The number of amides is 2. The molecule has 1 aromatic carbocycles. The highest BCUT2D eigenvalue weighted by atomic mass is 16.5. The van der Waals surface area contributed by atoms with E-state index < -0.39 is 17.1 Å². The number of likely N-dealkylation sites (N-methyl/N-ethyl adjacent to an activating group) is 1. The fraction of sp³-hybridized carbons (Fsp3) is 0.714. The van der Waals surface area contributed by atoms with Crippen molar-refractivity contribution >= 4 is 11.8 Å². The summed E-state index contributed by atoms with van der Waals surface area (Å²) in [6, 6.07) is 3.21. The molecule has 2 heterocycles. The van der Waals surface area contributed by atoms with Gasteiger partial charge in [0.1, 0.15) is 19.3 Å². The maximum atomic E-state index is 12.8. The number of likely N-dealkylation sites (tertiary alicyclic amines) is 1. The van der Waals surface area contributed by atoms with Crippen LogP contribution < -0.4 is 21.1 Å². The number of phenolic OH excluding ortho intramolecular Hbond substituents is 1. The molecule has 210 valence electrons. The summed E-state index contributed by atoms with van der Waals surface area (Å²) in [5, 5.41) is 28.7. The number of phenols is 1. The molecule has 1 spiro atoms. The number of ether oxygens (including phenoxy) is 2. The number of aromatic hydroxyl groups is 1. The second kappa shape index (κ2) is 11.0. The number of carbonyl (C=O) groups is 2. The lowest BCUT2D eigenvalue weighted by molar-refractivity contribution is -0.187. The number of unbranched alkanes of at least 4 members (excludes halogenated alkanes) is 4. The number of rotatable bonds is 12. The predicted octanol–water partition coefficient (Wildman–Crippen LogP) is 0.703. The van der Waals surface area contributed by atoms with Gasteiger partial charge in [-0.15, -0.1) is 0 Å². The van der Waals surface area contributed by atoms with Gasteiger partial charge in [-0.25, -0.2) is 0 Å². The molecule has 5 atom stereocenters. The Morgan fingerprint density at radius 1 is 1.16 bits per heavy atom. The van der Waals surface area contributed by atoms with Crippen molar-refractivity contribution in [2.75, 3.05) is 39.9 Å². The van der Waals surface area contributed by atoms with Gasteiger partial charge in [0.05, 0.1) is 17.1 Å². The number of nitrogens with one attached hydrogen (secondary N) is 2. The molecule has 2 amide bonds. The fourth-order valence-electron chi connectivity index (χ4n) is 7.46. The molecule has 1 aromatic rings. The van der Waals surface area contributed by atoms with Crippen LogP contribution in [0.2, 0.25) is 0 Å². The first-order valence-corrected chi connectivity index (χ1v) is 14.1.